The molecule has 5 aromatic rings. The Kier molecular flexibility index (Phi) is 7.28. The summed E-state index contributed by atoms with van der Waals surface area (Å²) in [6, 6.07) is 15.5. The molecule has 0 heteroatoms. The third-order valence-corrected chi connectivity index (χ3v) is 5.89. The molecular formula is C32H34. The van der Waals surface area contributed by atoms with Crippen LogP contribution in [0.1, 0.15) is 77.6 Å². The van der Waals surface area contributed by atoms with Gasteiger partial charge in [0.2, 0.25) is 0 Å². The first-order valence-corrected chi connectivity index (χ1v) is 12.4. The topological polar surface area (TPSA) is 0 Å². The van der Waals surface area contributed by atoms with E-state index < -0.39 is 0 Å². The van der Waals surface area contributed by atoms with Gasteiger partial charge in [-0.2, -0.15) is 0 Å². The number of hydrogen-bond acceptors (Lipinski definition) is 0. The van der Waals surface area contributed by atoms with Gasteiger partial charge in [-0.25, -0.2) is 0 Å². The molecule has 0 nitrogen and oxygen atoms in total. The molecule has 0 aromatic heterocycles. The zero-order valence-electron chi connectivity index (χ0n) is 20.9. The minimum Gasteiger partial charge on any atom is -0.0930 e. The molecule has 0 spiro atoms. The summed E-state index contributed by atoms with van der Waals surface area (Å²) in [5.41, 5.74) is 5.46. The van der Waals surface area contributed by atoms with E-state index in [4.69, 9.17) is 0 Å². The zero-order valence-corrected chi connectivity index (χ0v) is 20.9. The fourth-order valence-corrected chi connectivity index (χ4v) is 5.05. The molecule has 0 aliphatic heterocycles. The Morgan fingerprint density at radius 1 is 0.719 bits per heavy atom. The molecule has 0 radical (unpaired) electrons. The minimum absolute atomic E-state index is 0.860. The van der Waals surface area contributed by atoms with Gasteiger partial charge >= 0.3 is 0 Å². The van der Waals surface area contributed by atoms with Crippen LogP contribution in [0.5, 0.6) is 0 Å². The van der Waals surface area contributed by atoms with Gasteiger partial charge in [0, 0.05) is 28.1 Å². The van der Waals surface area contributed by atoms with Crippen LogP contribution in [0.25, 0.3) is 49.2 Å². The molecular weight excluding hydrogens is 384 g/mol. The van der Waals surface area contributed by atoms with Gasteiger partial charge in [-0.05, 0) is 56.1 Å². The van der Waals surface area contributed by atoms with E-state index in [9.17, 15) is 0 Å². The summed E-state index contributed by atoms with van der Waals surface area (Å²) in [7, 11) is 0. The van der Waals surface area contributed by atoms with Crippen molar-refractivity contribution in [3.8, 4) is 11.8 Å². The molecule has 0 unspecified atom stereocenters. The molecule has 0 heterocycles. The second-order valence-electron chi connectivity index (χ2n) is 6.89. The highest BCUT2D eigenvalue weighted by Crippen LogP contribution is 2.49. The average molecular weight is 419 g/mol. The third kappa shape index (κ3) is 3.02. The van der Waals surface area contributed by atoms with Gasteiger partial charge < -0.3 is 0 Å². The van der Waals surface area contributed by atoms with Gasteiger partial charge in [0.05, 0.1) is 0 Å². The van der Waals surface area contributed by atoms with Crippen LogP contribution < -0.4 is 0 Å². The van der Waals surface area contributed by atoms with Crippen LogP contribution in [0.3, 0.4) is 0 Å². The van der Waals surface area contributed by atoms with E-state index in [0.29, 0.717) is 0 Å². The van der Waals surface area contributed by atoms with E-state index in [2.05, 4.69) is 60.4 Å². The summed E-state index contributed by atoms with van der Waals surface area (Å²) >= 11 is 0. The van der Waals surface area contributed by atoms with Crippen molar-refractivity contribution in [2.75, 3.05) is 0 Å². The van der Waals surface area contributed by atoms with Crippen LogP contribution >= 0.6 is 0 Å². The molecule has 0 bridgehead atoms. The monoisotopic (exact) mass is 418 g/mol. The number of allylic oxidation sites excluding steroid dienone is 1. The summed E-state index contributed by atoms with van der Waals surface area (Å²) in [6.07, 6.45) is 6.48. The van der Waals surface area contributed by atoms with Gasteiger partial charge in [0.15, 0.2) is 0 Å². The van der Waals surface area contributed by atoms with Crippen molar-refractivity contribution >= 4 is 49.2 Å². The number of hydrogen-bond donors (Lipinski definition) is 0. The lowest BCUT2D eigenvalue weighted by Gasteiger charge is -2.08. The van der Waals surface area contributed by atoms with E-state index in [-0.39, 0.29) is 0 Å². The van der Waals surface area contributed by atoms with Crippen molar-refractivity contribution in [2.45, 2.75) is 68.2 Å². The SMILES string of the molecule is C1#Cc2c(c3c4cccc5c6c(c(c7cc#cc2c73)c54)CC=C6)C1.CC.CC.CC.CC. The molecule has 7 rings (SSSR count). The smallest absolute Gasteiger partial charge is 0.0494 e. The summed E-state index contributed by atoms with van der Waals surface area (Å²) in [5.74, 6) is 6.62. The fraction of sp³-hybridized carbons (Fsp3) is 0.312. The maximum absolute atomic E-state index is 3.36. The molecule has 0 saturated carbocycles. The first-order valence-electron chi connectivity index (χ1n) is 12.4. The molecule has 0 saturated heterocycles. The Balaban J connectivity index is 0.000000330. The fourth-order valence-electron chi connectivity index (χ4n) is 5.05. The maximum atomic E-state index is 3.36. The molecule has 162 valence electrons. The first-order chi connectivity index (χ1) is 15.9. The highest BCUT2D eigenvalue weighted by Gasteiger charge is 2.26. The molecule has 0 fully saturated rings. The Labute approximate surface area is 194 Å². The summed E-state index contributed by atoms with van der Waals surface area (Å²) < 4.78 is 0. The van der Waals surface area contributed by atoms with E-state index in [1.54, 1.807) is 0 Å². The molecule has 2 aliphatic rings. The molecule has 5 aromatic carbocycles. The van der Waals surface area contributed by atoms with Crippen molar-refractivity contribution in [3.63, 3.8) is 0 Å². The minimum atomic E-state index is 0.860. The van der Waals surface area contributed by atoms with Gasteiger partial charge in [-0.3, -0.25) is 0 Å². The van der Waals surface area contributed by atoms with Crippen LogP contribution in [0.4, 0.5) is 0 Å². The van der Waals surface area contributed by atoms with Crippen LogP contribution in [-0.2, 0) is 12.8 Å². The van der Waals surface area contributed by atoms with E-state index in [1.807, 2.05) is 55.4 Å². The van der Waals surface area contributed by atoms with Crippen LogP contribution in [0, 0.1) is 24.0 Å². The lowest BCUT2D eigenvalue weighted by Crippen LogP contribution is -1.83. The summed E-state index contributed by atoms with van der Waals surface area (Å²) in [4.78, 5) is 0. The number of rotatable bonds is 0. The average Bonchev–Trinajstić information content (AvgIpc) is 3.65. The highest BCUT2D eigenvalue weighted by atomic mass is 14.3. The lowest BCUT2D eigenvalue weighted by atomic mass is 9.94. The largest absolute Gasteiger partial charge is 0.0930 e. The Morgan fingerprint density at radius 2 is 1.41 bits per heavy atom. The standard InChI is InChI=1S/C24H10.4C2H6/c1-5-13-15(7-1)21-19-11-4-10-18-14-6-2-8-16(14)22(24(18)19)20-12-3-9-17(13)23(20)21;4*1-2/h1,3,5,9,11-12H,7-8H2;4*1-2H3. The second kappa shape index (κ2) is 9.94. The van der Waals surface area contributed by atoms with Crippen molar-refractivity contribution in [1.29, 1.82) is 0 Å². The number of fused-ring (bicyclic) bond motifs is 8. The lowest BCUT2D eigenvalue weighted by molar-refractivity contribution is 1.37. The van der Waals surface area contributed by atoms with Gasteiger partial charge in [-0.1, -0.05) is 110 Å². The van der Waals surface area contributed by atoms with Gasteiger partial charge in [0.25, 0.3) is 0 Å². The Morgan fingerprint density at radius 3 is 2.16 bits per heavy atom. The Bertz CT molecular complexity index is 1430. The Hall–Kier alpha value is -3.22. The van der Waals surface area contributed by atoms with Gasteiger partial charge in [0.1, 0.15) is 0 Å². The zero-order chi connectivity index (χ0) is 23.4. The highest BCUT2D eigenvalue weighted by molar-refractivity contribution is 6.37. The van der Waals surface area contributed by atoms with E-state index in [0.717, 1.165) is 12.8 Å². The molecule has 2 aliphatic carbocycles. The van der Waals surface area contributed by atoms with Crippen molar-refractivity contribution in [1.82, 2.24) is 0 Å². The van der Waals surface area contributed by atoms with E-state index >= 15 is 0 Å². The normalized spacial score (nSPS) is 11.8. The van der Waals surface area contributed by atoms with Crippen LogP contribution in [-0.4, -0.2) is 0 Å². The quantitative estimate of drug-likeness (QED) is 0.220. The molecule has 32 heavy (non-hydrogen) atoms. The number of benzene rings is 2. The molecule has 0 atom stereocenters. The van der Waals surface area contributed by atoms with Gasteiger partial charge in [-0.15, -0.1) is 0 Å². The predicted molar refractivity (Wildman–Crippen MR) is 145 cm³/mol. The van der Waals surface area contributed by atoms with Crippen molar-refractivity contribution < 1.29 is 0 Å². The predicted octanol–water partition coefficient (Wildman–Crippen LogP) is 9.36. The van der Waals surface area contributed by atoms with Crippen LogP contribution in [0.15, 0.2) is 30.3 Å². The van der Waals surface area contributed by atoms with Crippen LogP contribution in [0.2, 0.25) is 0 Å². The molecule has 0 N–H and O–H groups in total. The van der Waals surface area contributed by atoms with E-state index in [1.165, 1.54) is 65.3 Å². The van der Waals surface area contributed by atoms with Crippen molar-refractivity contribution in [2.24, 2.45) is 0 Å². The third-order valence-electron chi connectivity index (χ3n) is 5.89. The van der Waals surface area contributed by atoms with Crippen molar-refractivity contribution in [3.05, 3.63) is 64.7 Å². The maximum Gasteiger partial charge on any atom is 0.0494 e. The molecule has 0 amide bonds. The summed E-state index contributed by atoms with van der Waals surface area (Å²) in [5, 5.41) is 10.9. The summed E-state index contributed by atoms with van der Waals surface area (Å²) in [6.45, 7) is 16.0. The first kappa shape index (κ1) is 23.4. The second-order valence-corrected chi connectivity index (χ2v) is 6.89.